The second-order valence-electron chi connectivity index (χ2n) is 4.14. The van der Waals surface area contributed by atoms with Crippen molar-refractivity contribution in [1.82, 2.24) is 5.32 Å². The monoisotopic (exact) mass is 247 g/mol. The summed E-state index contributed by atoms with van der Waals surface area (Å²) in [5.74, 6) is 0. The molecule has 0 aliphatic carbocycles. The number of methoxy groups -OCH3 is 1. The van der Waals surface area contributed by atoms with Gasteiger partial charge in [-0.2, -0.15) is 0 Å². The molecular formula is C12H25NO4. The molecule has 1 aliphatic heterocycles. The largest absolute Gasteiger partial charge is 0.382 e. The SMILES string of the molecule is COCCOCCOCCNC1CCOC1C. The number of ether oxygens (including phenoxy) is 4. The Balaban J connectivity index is 1.78. The Morgan fingerprint density at radius 2 is 1.82 bits per heavy atom. The van der Waals surface area contributed by atoms with Crippen LogP contribution in [0.2, 0.25) is 0 Å². The van der Waals surface area contributed by atoms with Crippen LogP contribution >= 0.6 is 0 Å². The van der Waals surface area contributed by atoms with Gasteiger partial charge in [-0.3, -0.25) is 0 Å². The molecule has 1 N–H and O–H groups in total. The average molecular weight is 247 g/mol. The van der Waals surface area contributed by atoms with Gasteiger partial charge in [-0.25, -0.2) is 0 Å². The highest BCUT2D eigenvalue weighted by molar-refractivity contribution is 4.78. The van der Waals surface area contributed by atoms with Crippen LogP contribution in [-0.2, 0) is 18.9 Å². The van der Waals surface area contributed by atoms with Crippen LogP contribution in [0, 0.1) is 0 Å². The molecule has 0 radical (unpaired) electrons. The van der Waals surface area contributed by atoms with Gasteiger partial charge in [-0.15, -0.1) is 0 Å². The summed E-state index contributed by atoms with van der Waals surface area (Å²) in [6.45, 7) is 7.11. The van der Waals surface area contributed by atoms with E-state index in [4.69, 9.17) is 18.9 Å². The summed E-state index contributed by atoms with van der Waals surface area (Å²) in [6, 6.07) is 0.483. The smallest absolute Gasteiger partial charge is 0.0701 e. The molecule has 1 rings (SSSR count). The van der Waals surface area contributed by atoms with Gasteiger partial charge in [0.15, 0.2) is 0 Å². The van der Waals surface area contributed by atoms with Gasteiger partial charge in [0.05, 0.1) is 39.1 Å². The third-order valence-corrected chi connectivity index (χ3v) is 2.83. The molecule has 17 heavy (non-hydrogen) atoms. The van der Waals surface area contributed by atoms with E-state index < -0.39 is 0 Å². The van der Waals surface area contributed by atoms with Crippen LogP contribution in [-0.4, -0.2) is 65.4 Å². The van der Waals surface area contributed by atoms with E-state index in [0.717, 1.165) is 26.2 Å². The quantitative estimate of drug-likeness (QED) is 0.567. The van der Waals surface area contributed by atoms with Crippen molar-refractivity contribution in [3.63, 3.8) is 0 Å². The summed E-state index contributed by atoms with van der Waals surface area (Å²) < 4.78 is 21.1. The van der Waals surface area contributed by atoms with Crippen LogP contribution in [0.5, 0.6) is 0 Å². The summed E-state index contributed by atoms with van der Waals surface area (Å²) in [5.41, 5.74) is 0. The Morgan fingerprint density at radius 1 is 1.12 bits per heavy atom. The van der Waals surface area contributed by atoms with E-state index in [-0.39, 0.29) is 0 Å². The van der Waals surface area contributed by atoms with Crippen LogP contribution in [0.4, 0.5) is 0 Å². The summed E-state index contributed by atoms with van der Waals surface area (Å²) >= 11 is 0. The zero-order chi connectivity index (χ0) is 12.3. The lowest BCUT2D eigenvalue weighted by Gasteiger charge is -2.15. The molecule has 1 heterocycles. The maximum atomic E-state index is 5.46. The van der Waals surface area contributed by atoms with Gasteiger partial charge in [0, 0.05) is 26.3 Å². The van der Waals surface area contributed by atoms with E-state index in [1.807, 2.05) is 0 Å². The van der Waals surface area contributed by atoms with E-state index in [9.17, 15) is 0 Å². The lowest BCUT2D eigenvalue weighted by molar-refractivity contribution is 0.0247. The Kier molecular flexibility index (Phi) is 8.56. The molecule has 0 saturated carbocycles. The van der Waals surface area contributed by atoms with Crippen LogP contribution in [0.15, 0.2) is 0 Å². The third kappa shape index (κ3) is 6.95. The van der Waals surface area contributed by atoms with Crippen LogP contribution in [0.25, 0.3) is 0 Å². The molecule has 0 aromatic rings. The summed E-state index contributed by atoms with van der Waals surface area (Å²) in [5, 5.41) is 3.43. The van der Waals surface area contributed by atoms with Crippen molar-refractivity contribution in [2.45, 2.75) is 25.5 Å². The lowest BCUT2D eigenvalue weighted by atomic mass is 10.1. The number of nitrogens with one attached hydrogen (secondary N) is 1. The van der Waals surface area contributed by atoms with Gasteiger partial charge in [0.25, 0.3) is 0 Å². The first-order valence-electron chi connectivity index (χ1n) is 6.34. The van der Waals surface area contributed by atoms with Crippen molar-refractivity contribution in [2.75, 3.05) is 53.3 Å². The predicted molar refractivity (Wildman–Crippen MR) is 65.3 cm³/mol. The fraction of sp³-hybridized carbons (Fsp3) is 1.00. The molecule has 1 aliphatic rings. The molecule has 0 spiro atoms. The minimum atomic E-state index is 0.326. The van der Waals surface area contributed by atoms with Crippen LogP contribution in [0.3, 0.4) is 0 Å². The Morgan fingerprint density at radius 3 is 2.47 bits per heavy atom. The van der Waals surface area contributed by atoms with E-state index in [1.165, 1.54) is 0 Å². The standard InChI is InChI=1S/C12H25NO4/c1-11-12(3-5-17-11)13-4-6-15-9-10-16-8-7-14-2/h11-13H,3-10H2,1-2H3. The first-order chi connectivity index (χ1) is 8.34. The zero-order valence-corrected chi connectivity index (χ0v) is 10.9. The molecule has 2 atom stereocenters. The fourth-order valence-corrected chi connectivity index (χ4v) is 1.78. The van der Waals surface area contributed by atoms with Crippen molar-refractivity contribution in [1.29, 1.82) is 0 Å². The van der Waals surface area contributed by atoms with Gasteiger partial charge >= 0.3 is 0 Å². The maximum absolute atomic E-state index is 5.46. The van der Waals surface area contributed by atoms with Crippen molar-refractivity contribution in [3.05, 3.63) is 0 Å². The van der Waals surface area contributed by atoms with E-state index in [0.29, 0.717) is 38.6 Å². The molecule has 1 saturated heterocycles. The summed E-state index contributed by atoms with van der Waals surface area (Å²) in [6.07, 6.45) is 1.42. The van der Waals surface area contributed by atoms with Crippen molar-refractivity contribution in [2.24, 2.45) is 0 Å². The fourth-order valence-electron chi connectivity index (χ4n) is 1.78. The van der Waals surface area contributed by atoms with Crippen LogP contribution < -0.4 is 5.32 Å². The topological polar surface area (TPSA) is 49.0 Å². The predicted octanol–water partition coefficient (Wildman–Crippen LogP) is 0.433. The van der Waals surface area contributed by atoms with E-state index in [2.05, 4.69) is 12.2 Å². The molecular weight excluding hydrogens is 222 g/mol. The van der Waals surface area contributed by atoms with Gasteiger partial charge in [0.1, 0.15) is 0 Å². The Labute approximate surface area is 104 Å². The molecule has 0 bridgehead atoms. The van der Waals surface area contributed by atoms with Gasteiger partial charge < -0.3 is 24.3 Å². The lowest BCUT2D eigenvalue weighted by Crippen LogP contribution is -2.36. The van der Waals surface area contributed by atoms with Gasteiger partial charge in [0.2, 0.25) is 0 Å². The van der Waals surface area contributed by atoms with Gasteiger partial charge in [-0.1, -0.05) is 0 Å². The molecule has 0 aromatic heterocycles. The summed E-state index contributed by atoms with van der Waals surface area (Å²) in [7, 11) is 1.67. The number of rotatable bonds is 10. The maximum Gasteiger partial charge on any atom is 0.0701 e. The van der Waals surface area contributed by atoms with Crippen molar-refractivity contribution < 1.29 is 18.9 Å². The highest BCUT2D eigenvalue weighted by atomic mass is 16.5. The first-order valence-corrected chi connectivity index (χ1v) is 6.34. The van der Waals surface area contributed by atoms with E-state index in [1.54, 1.807) is 7.11 Å². The normalized spacial score (nSPS) is 24.4. The third-order valence-electron chi connectivity index (χ3n) is 2.83. The Bertz CT molecular complexity index is 180. The number of hydrogen-bond acceptors (Lipinski definition) is 5. The molecule has 0 amide bonds. The highest BCUT2D eigenvalue weighted by Gasteiger charge is 2.22. The van der Waals surface area contributed by atoms with Crippen molar-refractivity contribution >= 4 is 0 Å². The second-order valence-corrected chi connectivity index (χ2v) is 4.14. The molecule has 102 valence electrons. The minimum Gasteiger partial charge on any atom is -0.382 e. The molecule has 5 nitrogen and oxygen atoms in total. The van der Waals surface area contributed by atoms with Crippen molar-refractivity contribution in [3.8, 4) is 0 Å². The van der Waals surface area contributed by atoms with Crippen LogP contribution in [0.1, 0.15) is 13.3 Å². The molecule has 1 fully saturated rings. The summed E-state index contributed by atoms with van der Waals surface area (Å²) in [4.78, 5) is 0. The number of hydrogen-bond donors (Lipinski definition) is 1. The molecule has 5 heteroatoms. The minimum absolute atomic E-state index is 0.326. The molecule has 2 unspecified atom stereocenters. The van der Waals surface area contributed by atoms with E-state index >= 15 is 0 Å². The average Bonchev–Trinajstić information content (AvgIpc) is 2.73. The Hall–Kier alpha value is -0.200. The van der Waals surface area contributed by atoms with Gasteiger partial charge in [-0.05, 0) is 13.3 Å². The second kappa shape index (κ2) is 9.79. The first kappa shape index (κ1) is 14.9. The highest BCUT2D eigenvalue weighted by Crippen LogP contribution is 2.11. The molecule has 0 aromatic carbocycles. The zero-order valence-electron chi connectivity index (χ0n) is 10.9.